The third kappa shape index (κ3) is 2.30. The van der Waals surface area contributed by atoms with E-state index in [1.807, 2.05) is 30.2 Å². The summed E-state index contributed by atoms with van der Waals surface area (Å²) in [5.41, 5.74) is 7.78. The Morgan fingerprint density at radius 2 is 2.31 bits per heavy atom. The molecule has 5 heteroatoms. The fourth-order valence-corrected chi connectivity index (χ4v) is 1.59. The minimum Gasteiger partial charge on any atom is -0.342 e. The Kier molecular flexibility index (Phi) is 3.05. The molecule has 0 bridgehead atoms. The van der Waals surface area contributed by atoms with Gasteiger partial charge in [-0.3, -0.25) is 4.68 Å². The zero-order chi connectivity index (χ0) is 11.5. The van der Waals surface area contributed by atoms with Crippen LogP contribution in [-0.4, -0.2) is 25.8 Å². The smallest absolute Gasteiger partial charge is 0.108 e. The maximum atomic E-state index is 5.72. The van der Waals surface area contributed by atoms with Gasteiger partial charge in [-0.05, 0) is 13.8 Å². The highest BCUT2D eigenvalue weighted by Gasteiger charge is 2.06. The number of imidazole rings is 1. The Hall–Kier alpha value is -1.62. The average Bonchev–Trinajstić information content (AvgIpc) is 2.83. The van der Waals surface area contributed by atoms with Crippen LogP contribution in [0, 0.1) is 0 Å². The number of aryl methyl sites for hydroxylation is 1. The lowest BCUT2D eigenvalue weighted by molar-refractivity contribution is 0.660. The number of H-pyrrole nitrogens is 1. The molecule has 2 rings (SSSR count). The molecule has 0 radical (unpaired) electrons. The van der Waals surface area contributed by atoms with E-state index in [4.69, 9.17) is 5.73 Å². The monoisotopic (exact) mass is 219 g/mol. The van der Waals surface area contributed by atoms with Crippen molar-refractivity contribution in [3.8, 4) is 11.3 Å². The van der Waals surface area contributed by atoms with Gasteiger partial charge in [0.25, 0.3) is 0 Å². The summed E-state index contributed by atoms with van der Waals surface area (Å²) in [6.07, 6.45) is 6.44. The topological polar surface area (TPSA) is 72.5 Å². The van der Waals surface area contributed by atoms with Crippen LogP contribution in [0.5, 0.6) is 0 Å². The first kappa shape index (κ1) is 10.9. The molecule has 0 spiro atoms. The van der Waals surface area contributed by atoms with E-state index in [0.717, 1.165) is 30.0 Å². The van der Waals surface area contributed by atoms with Crippen molar-refractivity contribution in [2.75, 3.05) is 0 Å². The molecule has 2 aromatic rings. The van der Waals surface area contributed by atoms with E-state index in [1.165, 1.54) is 0 Å². The van der Waals surface area contributed by atoms with Crippen molar-refractivity contribution in [1.29, 1.82) is 0 Å². The second kappa shape index (κ2) is 4.49. The second-order valence-electron chi connectivity index (χ2n) is 4.01. The minimum absolute atomic E-state index is 0.123. The quantitative estimate of drug-likeness (QED) is 0.811. The summed E-state index contributed by atoms with van der Waals surface area (Å²) >= 11 is 0. The van der Waals surface area contributed by atoms with Crippen molar-refractivity contribution in [3.63, 3.8) is 0 Å². The van der Waals surface area contributed by atoms with E-state index in [1.54, 1.807) is 0 Å². The van der Waals surface area contributed by atoms with Gasteiger partial charge >= 0.3 is 0 Å². The molecular formula is C11H17N5. The molecule has 0 aliphatic heterocycles. The van der Waals surface area contributed by atoms with Gasteiger partial charge < -0.3 is 10.7 Å². The molecule has 1 unspecified atom stereocenters. The maximum absolute atomic E-state index is 5.72. The largest absolute Gasteiger partial charge is 0.342 e. The van der Waals surface area contributed by atoms with Crippen molar-refractivity contribution in [2.24, 2.45) is 5.73 Å². The summed E-state index contributed by atoms with van der Waals surface area (Å²) in [5.74, 6) is 0.925. The highest BCUT2D eigenvalue weighted by Crippen LogP contribution is 2.16. The second-order valence-corrected chi connectivity index (χ2v) is 4.01. The fraction of sp³-hybridized carbons (Fsp3) is 0.455. The molecule has 2 aromatic heterocycles. The van der Waals surface area contributed by atoms with E-state index in [2.05, 4.69) is 22.0 Å². The maximum Gasteiger partial charge on any atom is 0.108 e. The lowest BCUT2D eigenvalue weighted by Crippen LogP contribution is -2.18. The lowest BCUT2D eigenvalue weighted by Gasteiger charge is -1.99. The molecule has 1 atom stereocenters. The van der Waals surface area contributed by atoms with Crippen molar-refractivity contribution >= 4 is 0 Å². The number of nitrogens with one attached hydrogen (secondary N) is 1. The van der Waals surface area contributed by atoms with Crippen molar-refractivity contribution < 1.29 is 0 Å². The summed E-state index contributed by atoms with van der Waals surface area (Å²) in [5, 5.41) is 4.23. The summed E-state index contributed by atoms with van der Waals surface area (Å²) in [7, 11) is 0. The summed E-state index contributed by atoms with van der Waals surface area (Å²) in [6, 6.07) is 0.123. The molecule has 0 aromatic carbocycles. The molecule has 0 fully saturated rings. The van der Waals surface area contributed by atoms with Crippen LogP contribution in [-0.2, 0) is 13.0 Å². The van der Waals surface area contributed by atoms with E-state index < -0.39 is 0 Å². The normalized spacial score (nSPS) is 12.9. The Morgan fingerprint density at radius 3 is 2.94 bits per heavy atom. The van der Waals surface area contributed by atoms with Crippen LogP contribution in [0.3, 0.4) is 0 Å². The zero-order valence-corrected chi connectivity index (χ0v) is 9.64. The molecular weight excluding hydrogens is 202 g/mol. The SMILES string of the molecule is CCn1cc(-c2cnc(CC(C)N)[nH]2)cn1. The summed E-state index contributed by atoms with van der Waals surface area (Å²) in [6.45, 7) is 4.91. The van der Waals surface area contributed by atoms with Crippen molar-refractivity contribution in [3.05, 3.63) is 24.4 Å². The molecule has 0 aliphatic rings. The molecule has 0 amide bonds. The first-order valence-corrected chi connectivity index (χ1v) is 5.51. The van der Waals surface area contributed by atoms with Crippen LogP contribution in [0.1, 0.15) is 19.7 Å². The van der Waals surface area contributed by atoms with Crippen molar-refractivity contribution in [2.45, 2.75) is 32.9 Å². The Morgan fingerprint density at radius 1 is 1.50 bits per heavy atom. The molecule has 3 N–H and O–H groups in total. The van der Waals surface area contributed by atoms with Crippen LogP contribution < -0.4 is 5.73 Å². The minimum atomic E-state index is 0.123. The number of nitrogens with zero attached hydrogens (tertiary/aromatic N) is 3. The highest BCUT2D eigenvalue weighted by atomic mass is 15.3. The molecule has 5 nitrogen and oxygen atoms in total. The molecule has 86 valence electrons. The third-order valence-electron chi connectivity index (χ3n) is 2.41. The number of aromatic nitrogens is 4. The van der Waals surface area contributed by atoms with E-state index in [0.29, 0.717) is 0 Å². The van der Waals surface area contributed by atoms with Crippen LogP contribution in [0.25, 0.3) is 11.3 Å². The molecule has 0 saturated heterocycles. The Bertz CT molecular complexity index is 454. The third-order valence-corrected chi connectivity index (χ3v) is 2.41. The van der Waals surface area contributed by atoms with Gasteiger partial charge in [-0.1, -0.05) is 0 Å². The fourth-order valence-electron chi connectivity index (χ4n) is 1.59. The first-order chi connectivity index (χ1) is 7.69. The molecule has 0 saturated carbocycles. The highest BCUT2D eigenvalue weighted by molar-refractivity contribution is 5.56. The van der Waals surface area contributed by atoms with E-state index in [-0.39, 0.29) is 6.04 Å². The number of nitrogens with two attached hydrogens (primary N) is 1. The Labute approximate surface area is 94.7 Å². The van der Waals surface area contributed by atoms with Gasteiger partial charge in [-0.2, -0.15) is 5.10 Å². The summed E-state index contributed by atoms with van der Waals surface area (Å²) in [4.78, 5) is 7.55. The standard InChI is InChI=1S/C11H17N5/c1-3-16-7-9(5-14-16)10-6-13-11(15-10)4-8(2)12/h5-8H,3-4,12H2,1-2H3,(H,13,15). The van der Waals surface area contributed by atoms with E-state index in [9.17, 15) is 0 Å². The van der Waals surface area contributed by atoms with Gasteiger partial charge in [0.05, 0.1) is 18.1 Å². The van der Waals surface area contributed by atoms with Crippen LogP contribution >= 0.6 is 0 Å². The summed E-state index contributed by atoms with van der Waals surface area (Å²) < 4.78 is 1.89. The lowest BCUT2D eigenvalue weighted by atomic mass is 10.2. The predicted molar refractivity (Wildman–Crippen MR) is 62.8 cm³/mol. The van der Waals surface area contributed by atoms with Gasteiger partial charge in [-0.25, -0.2) is 4.98 Å². The average molecular weight is 219 g/mol. The van der Waals surface area contributed by atoms with Gasteiger partial charge in [0.2, 0.25) is 0 Å². The Balaban J connectivity index is 2.17. The number of hydrogen-bond acceptors (Lipinski definition) is 3. The van der Waals surface area contributed by atoms with Gasteiger partial charge in [0.1, 0.15) is 5.82 Å². The molecule has 16 heavy (non-hydrogen) atoms. The van der Waals surface area contributed by atoms with Crippen LogP contribution in [0.2, 0.25) is 0 Å². The predicted octanol–water partition coefficient (Wildman–Crippen LogP) is 1.18. The van der Waals surface area contributed by atoms with Gasteiger partial charge in [0, 0.05) is 30.8 Å². The number of aromatic amines is 1. The number of rotatable bonds is 4. The van der Waals surface area contributed by atoms with Crippen LogP contribution in [0.4, 0.5) is 0 Å². The zero-order valence-electron chi connectivity index (χ0n) is 9.64. The first-order valence-electron chi connectivity index (χ1n) is 5.51. The number of hydrogen-bond donors (Lipinski definition) is 2. The van der Waals surface area contributed by atoms with E-state index >= 15 is 0 Å². The van der Waals surface area contributed by atoms with Crippen LogP contribution in [0.15, 0.2) is 18.6 Å². The van der Waals surface area contributed by atoms with Gasteiger partial charge in [0.15, 0.2) is 0 Å². The molecule has 2 heterocycles. The molecule has 0 aliphatic carbocycles. The van der Waals surface area contributed by atoms with Gasteiger partial charge in [-0.15, -0.1) is 0 Å². The van der Waals surface area contributed by atoms with Crippen molar-refractivity contribution in [1.82, 2.24) is 19.7 Å².